The van der Waals surface area contributed by atoms with Gasteiger partial charge in [0, 0.05) is 49.3 Å². The van der Waals surface area contributed by atoms with Gasteiger partial charge in [0.05, 0.1) is 12.6 Å². The van der Waals surface area contributed by atoms with Crippen LogP contribution in [0.2, 0.25) is 0 Å². The van der Waals surface area contributed by atoms with Crippen LogP contribution in [0.3, 0.4) is 0 Å². The van der Waals surface area contributed by atoms with Gasteiger partial charge in [-0.25, -0.2) is 0 Å². The lowest BCUT2D eigenvalue weighted by atomic mass is 9.91. The number of likely N-dealkylation sites (N-methyl/N-ethyl adjacent to an activating group) is 7. The smallest absolute Gasteiger partial charge is 0.246 e. The van der Waals surface area contributed by atoms with Crippen molar-refractivity contribution in [2.24, 2.45) is 29.6 Å². The molecule has 1 aliphatic rings. The third kappa shape index (κ3) is 24.6. The number of allylic oxidation sites excluding steroid dienone is 4. The molecule has 0 bridgehead atoms. The molecule has 0 aromatic carbocycles. The van der Waals surface area contributed by atoms with Crippen LogP contribution in [-0.2, 0) is 52.7 Å². The number of nitrogens with one attached hydrogen (secondary N) is 4. The highest BCUT2D eigenvalue weighted by Crippen LogP contribution is 2.23. The molecular weight excluding hydrogens is 1100 g/mol. The zero-order chi connectivity index (χ0) is 67.5. The molecule has 0 radical (unpaired) electrons. The first kappa shape index (κ1) is 81.4. The number of nitrogens with zero attached hydrogens (tertiary/aromatic N) is 7. The fourth-order valence-corrected chi connectivity index (χ4v) is 9.48. The van der Waals surface area contributed by atoms with Gasteiger partial charge in [-0.1, -0.05) is 93.5 Å². The largest absolute Gasteiger partial charge is 0.390 e. The van der Waals surface area contributed by atoms with Gasteiger partial charge in [-0.3, -0.25) is 52.7 Å². The van der Waals surface area contributed by atoms with Crippen molar-refractivity contribution in [1.29, 1.82) is 0 Å². The van der Waals surface area contributed by atoms with Crippen LogP contribution in [0.5, 0.6) is 0 Å². The molecule has 492 valence electrons. The summed E-state index contributed by atoms with van der Waals surface area (Å²) in [6, 6.07) is -12.3. The number of carbonyl (C=O) groups is 11. The van der Waals surface area contributed by atoms with Gasteiger partial charge in [-0.05, 0) is 110 Å². The molecule has 0 aliphatic carbocycles. The van der Waals surface area contributed by atoms with E-state index in [0.29, 0.717) is 6.42 Å². The Morgan fingerprint density at radius 2 is 0.907 bits per heavy atom. The van der Waals surface area contributed by atoms with E-state index < -0.39 is 150 Å². The van der Waals surface area contributed by atoms with Gasteiger partial charge in [0.1, 0.15) is 60.4 Å². The van der Waals surface area contributed by atoms with E-state index in [9.17, 15) is 57.8 Å². The van der Waals surface area contributed by atoms with Crippen LogP contribution in [0.25, 0.3) is 0 Å². The van der Waals surface area contributed by atoms with Gasteiger partial charge in [-0.15, -0.1) is 13.2 Å². The van der Waals surface area contributed by atoms with Gasteiger partial charge in [0.2, 0.25) is 65.0 Å². The summed E-state index contributed by atoms with van der Waals surface area (Å²) in [5.41, 5.74) is 0. The van der Waals surface area contributed by atoms with Crippen LogP contribution >= 0.6 is 0 Å². The quantitative estimate of drug-likeness (QED) is 0.174. The Hall–Kier alpha value is -6.65. The monoisotopic (exact) mass is 1220 g/mol. The van der Waals surface area contributed by atoms with Crippen molar-refractivity contribution < 1.29 is 57.8 Å². The zero-order valence-corrected chi connectivity index (χ0v) is 56.8. The summed E-state index contributed by atoms with van der Waals surface area (Å²) in [4.78, 5) is 165. The number of hydrogen-bond acceptors (Lipinski definition) is 12. The van der Waals surface area contributed by atoms with Crippen molar-refractivity contribution >= 4 is 65.0 Å². The van der Waals surface area contributed by atoms with Crippen molar-refractivity contribution in [1.82, 2.24) is 55.6 Å². The molecule has 0 saturated carbocycles. The molecule has 1 saturated heterocycles. The third-order valence-electron chi connectivity index (χ3n) is 15.2. The fraction of sp³-hybridized carbons (Fsp3) is 0.730. The maximum Gasteiger partial charge on any atom is 0.246 e. The Kier molecular flexibility index (Phi) is 37.1. The summed E-state index contributed by atoms with van der Waals surface area (Å²) in [5.74, 6) is -9.14. The predicted octanol–water partition coefficient (Wildman–Crippen LogP) is 3.99. The number of hydrogen-bond donors (Lipinski definition) is 5. The molecular formula is C63H113N11O12. The summed E-state index contributed by atoms with van der Waals surface area (Å²) in [5, 5.41) is 22.8. The van der Waals surface area contributed by atoms with Crippen LogP contribution in [0, 0.1) is 29.6 Å². The summed E-state index contributed by atoms with van der Waals surface area (Å²) in [6.45, 7) is 35.4. The van der Waals surface area contributed by atoms with Gasteiger partial charge in [0.15, 0.2) is 0 Å². The SMILES string of the molecule is C/C=C/CC(C)C(O)C1C(=O)NC(CC)C(=O)N(C)CC(=O)N(C)C(CC(C)C)C(=O)NC(C(C)C)C(=O)N(C)C(CC(C)C)C(=O)NC(C)C(=O)NC(C)C(=O)N(C)C(C)C(=O)N(C)C(C)C(=O)N(C)C(CC(C)C)C(=O)N1C.C=CC.C=CC. The number of aliphatic hydroxyl groups excluding tert-OH is 1. The maximum absolute atomic E-state index is 14.9. The van der Waals surface area contributed by atoms with E-state index in [1.807, 2.05) is 55.4 Å². The van der Waals surface area contributed by atoms with E-state index in [4.69, 9.17) is 0 Å². The number of amides is 11. The van der Waals surface area contributed by atoms with Crippen LogP contribution in [0.1, 0.15) is 150 Å². The molecule has 11 amide bonds. The summed E-state index contributed by atoms with van der Waals surface area (Å²) in [6.07, 6.45) is 6.34. The molecule has 86 heavy (non-hydrogen) atoms. The second-order valence-electron chi connectivity index (χ2n) is 24.4. The van der Waals surface area contributed by atoms with Crippen LogP contribution in [-0.4, -0.2) is 227 Å². The average molecular weight is 1220 g/mol. The van der Waals surface area contributed by atoms with Gasteiger partial charge in [0.25, 0.3) is 0 Å². The lowest BCUT2D eigenvalue weighted by molar-refractivity contribution is -0.155. The van der Waals surface area contributed by atoms with Crippen LogP contribution in [0.15, 0.2) is 37.5 Å². The van der Waals surface area contributed by atoms with Gasteiger partial charge >= 0.3 is 0 Å². The molecule has 12 unspecified atom stereocenters. The molecule has 0 aromatic heterocycles. The molecule has 1 heterocycles. The minimum Gasteiger partial charge on any atom is -0.390 e. The number of aliphatic hydroxyl groups is 1. The van der Waals surface area contributed by atoms with Gasteiger partial charge < -0.3 is 60.7 Å². The zero-order valence-electron chi connectivity index (χ0n) is 56.8. The third-order valence-corrected chi connectivity index (χ3v) is 15.2. The molecule has 23 heteroatoms. The molecule has 1 fully saturated rings. The standard InChI is InChI=1S/C57H101N11O12.2C3H6/c1-23-25-26-35(11)47(70)46-51(74)60-40(24-2)55(78)62(16)30-44(69)65(19)41(27-31(3)4)50(73)61-45(34(9)10)57(80)66(20)42(28-32(5)6)49(72)58-36(12)48(71)59-37(13)52(75)63(17)38(14)53(76)64(18)39(15)54(77)67(21)43(29-33(7)8)56(79)68(46)22;2*1-3-2/h23,25,31-43,45-47,70H,24,26-30H2,1-22H3,(H,58,72)(H,59,71)(H,60,74)(H,61,73);2*3H,1H2,2H3/b25-23+;;. The van der Waals surface area contributed by atoms with E-state index >= 15 is 0 Å². The Balaban J connectivity index is 0. The molecule has 1 rings (SSSR count). The van der Waals surface area contributed by atoms with Crippen LogP contribution < -0.4 is 21.3 Å². The summed E-state index contributed by atoms with van der Waals surface area (Å²) >= 11 is 0. The lowest BCUT2D eigenvalue weighted by Gasteiger charge is -2.40. The van der Waals surface area contributed by atoms with E-state index in [1.54, 1.807) is 58.9 Å². The van der Waals surface area contributed by atoms with E-state index in [0.717, 1.165) is 19.6 Å². The maximum atomic E-state index is 14.9. The van der Waals surface area contributed by atoms with Crippen molar-refractivity contribution in [3.63, 3.8) is 0 Å². The van der Waals surface area contributed by atoms with Gasteiger partial charge in [-0.2, -0.15) is 0 Å². The average Bonchev–Trinajstić information content (AvgIpc) is 3.29. The van der Waals surface area contributed by atoms with E-state index in [-0.39, 0.29) is 43.4 Å². The highest BCUT2D eigenvalue weighted by atomic mass is 16.3. The molecule has 0 aromatic rings. The molecule has 23 nitrogen and oxygen atoms in total. The minimum atomic E-state index is -1.60. The van der Waals surface area contributed by atoms with E-state index in [2.05, 4.69) is 34.4 Å². The van der Waals surface area contributed by atoms with Crippen molar-refractivity contribution in [3.05, 3.63) is 37.5 Å². The Bertz CT molecular complexity index is 2300. The molecule has 5 N–H and O–H groups in total. The predicted molar refractivity (Wildman–Crippen MR) is 337 cm³/mol. The van der Waals surface area contributed by atoms with Crippen LogP contribution in [0.4, 0.5) is 0 Å². The Morgan fingerprint density at radius 3 is 1.35 bits per heavy atom. The lowest BCUT2D eigenvalue weighted by Crippen LogP contribution is -2.62. The van der Waals surface area contributed by atoms with Crippen molar-refractivity contribution in [2.45, 2.75) is 216 Å². The summed E-state index contributed by atoms with van der Waals surface area (Å²) in [7, 11) is 9.68. The topological polar surface area (TPSA) is 279 Å². The first-order chi connectivity index (χ1) is 39.7. The highest BCUT2D eigenvalue weighted by Gasteiger charge is 2.44. The van der Waals surface area contributed by atoms with Crippen molar-refractivity contribution in [3.8, 4) is 0 Å². The molecule has 12 atom stereocenters. The fourth-order valence-electron chi connectivity index (χ4n) is 9.48. The molecule has 0 spiro atoms. The normalized spacial score (nSPS) is 26.1. The number of carbonyl (C=O) groups excluding carboxylic acids is 11. The second-order valence-corrected chi connectivity index (χ2v) is 24.4. The number of rotatable bonds is 12. The second kappa shape index (κ2) is 39.2. The minimum absolute atomic E-state index is 0.0254. The summed E-state index contributed by atoms with van der Waals surface area (Å²) < 4.78 is 0. The Morgan fingerprint density at radius 1 is 0.500 bits per heavy atom. The molecule has 1 aliphatic heterocycles. The first-order valence-electron chi connectivity index (χ1n) is 30.2. The first-order valence-corrected chi connectivity index (χ1v) is 30.2. The van der Waals surface area contributed by atoms with Crippen molar-refractivity contribution in [2.75, 3.05) is 55.9 Å². The highest BCUT2D eigenvalue weighted by molar-refractivity contribution is 5.99. The Labute approximate surface area is 515 Å². The van der Waals surface area contributed by atoms with E-state index in [1.165, 1.54) is 91.7 Å².